The zero-order valence-corrected chi connectivity index (χ0v) is 12.8. The summed E-state index contributed by atoms with van der Waals surface area (Å²) in [5.74, 6) is -0.882. The maximum Gasteiger partial charge on any atom is 0.305 e. The molecule has 112 valence electrons. The number of amides is 1. The van der Waals surface area contributed by atoms with Gasteiger partial charge in [-0.05, 0) is 18.3 Å². The molecule has 1 unspecified atom stereocenters. The molecule has 4 nitrogen and oxygen atoms in total. The molecule has 0 rings (SSSR count). The number of carbonyl (C=O) groups is 2. The normalized spacial score (nSPS) is 13.1. The lowest BCUT2D eigenvalue weighted by Gasteiger charge is -2.25. The molecule has 0 saturated heterocycles. The third-order valence-corrected chi connectivity index (χ3v) is 2.90. The summed E-state index contributed by atoms with van der Waals surface area (Å²) in [4.78, 5) is 22.6. The molecule has 1 amide bonds. The van der Waals surface area contributed by atoms with Crippen molar-refractivity contribution in [2.24, 2.45) is 5.41 Å². The number of rotatable bonds is 9. The molecular formula is C15H29NO3. The van der Waals surface area contributed by atoms with Crippen molar-refractivity contribution >= 4 is 11.9 Å². The quantitative estimate of drug-likeness (QED) is 0.632. The van der Waals surface area contributed by atoms with Crippen LogP contribution in [0.1, 0.15) is 72.6 Å². The average molecular weight is 271 g/mol. The Balaban J connectivity index is 4.15. The fourth-order valence-corrected chi connectivity index (χ4v) is 2.14. The van der Waals surface area contributed by atoms with E-state index in [9.17, 15) is 9.59 Å². The van der Waals surface area contributed by atoms with E-state index in [0.717, 1.165) is 25.7 Å². The van der Waals surface area contributed by atoms with Crippen molar-refractivity contribution in [1.82, 2.24) is 5.32 Å². The number of hydrogen-bond donors (Lipinski definition) is 2. The number of carbonyl (C=O) groups excluding carboxylic acids is 1. The Kier molecular flexibility index (Phi) is 8.44. The zero-order chi connectivity index (χ0) is 14.9. The second-order valence-electron chi connectivity index (χ2n) is 6.44. The van der Waals surface area contributed by atoms with E-state index in [-0.39, 0.29) is 23.8 Å². The Labute approximate surface area is 117 Å². The average Bonchev–Trinajstić information content (AvgIpc) is 2.20. The summed E-state index contributed by atoms with van der Waals surface area (Å²) < 4.78 is 0. The van der Waals surface area contributed by atoms with Crippen molar-refractivity contribution in [3.63, 3.8) is 0 Å². The predicted octanol–water partition coefficient (Wildman–Crippen LogP) is 3.35. The van der Waals surface area contributed by atoms with Crippen LogP contribution in [0.15, 0.2) is 0 Å². The van der Waals surface area contributed by atoms with Gasteiger partial charge in [-0.3, -0.25) is 9.59 Å². The lowest BCUT2D eigenvalue weighted by Crippen LogP contribution is -2.38. The van der Waals surface area contributed by atoms with Gasteiger partial charge in [0.05, 0.1) is 6.42 Å². The fourth-order valence-electron chi connectivity index (χ4n) is 2.14. The fraction of sp³-hybridized carbons (Fsp3) is 0.867. The minimum absolute atomic E-state index is 0.00201. The maximum atomic E-state index is 11.8. The van der Waals surface area contributed by atoms with Gasteiger partial charge in [-0.25, -0.2) is 0 Å². The Morgan fingerprint density at radius 2 is 1.79 bits per heavy atom. The van der Waals surface area contributed by atoms with Crippen LogP contribution < -0.4 is 5.32 Å². The molecule has 0 aromatic heterocycles. The first kappa shape index (κ1) is 17.9. The van der Waals surface area contributed by atoms with Crippen LogP contribution in [0.2, 0.25) is 0 Å². The summed E-state index contributed by atoms with van der Waals surface area (Å²) in [6.07, 6.45) is 5.42. The molecule has 1 atom stereocenters. The molecule has 0 spiro atoms. The molecule has 0 radical (unpaired) electrons. The minimum atomic E-state index is -0.861. The molecule has 0 saturated carbocycles. The van der Waals surface area contributed by atoms with Crippen molar-refractivity contribution in [2.45, 2.75) is 78.7 Å². The van der Waals surface area contributed by atoms with Crippen LogP contribution >= 0.6 is 0 Å². The molecule has 19 heavy (non-hydrogen) atoms. The van der Waals surface area contributed by atoms with E-state index in [1.165, 1.54) is 0 Å². The molecule has 4 heteroatoms. The molecule has 0 aliphatic rings. The van der Waals surface area contributed by atoms with Gasteiger partial charge in [-0.15, -0.1) is 0 Å². The van der Waals surface area contributed by atoms with Gasteiger partial charge in [0.15, 0.2) is 0 Å². The number of unbranched alkanes of at least 4 members (excludes halogenated alkanes) is 3. The Hall–Kier alpha value is -1.06. The van der Waals surface area contributed by atoms with Gasteiger partial charge in [0.25, 0.3) is 0 Å². The minimum Gasteiger partial charge on any atom is -0.481 e. The lowest BCUT2D eigenvalue weighted by atomic mass is 9.87. The highest BCUT2D eigenvalue weighted by Gasteiger charge is 2.22. The number of carboxylic acid groups (broad SMARTS) is 1. The number of nitrogens with one attached hydrogen (secondary N) is 1. The Morgan fingerprint density at radius 3 is 2.26 bits per heavy atom. The summed E-state index contributed by atoms with van der Waals surface area (Å²) >= 11 is 0. The highest BCUT2D eigenvalue weighted by atomic mass is 16.4. The van der Waals surface area contributed by atoms with Crippen LogP contribution in [-0.2, 0) is 9.59 Å². The van der Waals surface area contributed by atoms with E-state index in [2.05, 4.69) is 33.0 Å². The van der Waals surface area contributed by atoms with E-state index in [1.807, 2.05) is 0 Å². The van der Waals surface area contributed by atoms with Crippen LogP contribution in [0.4, 0.5) is 0 Å². The monoisotopic (exact) mass is 271 g/mol. The Bertz CT molecular complexity index is 282. The van der Waals surface area contributed by atoms with Gasteiger partial charge in [-0.1, -0.05) is 47.0 Å². The Morgan fingerprint density at radius 1 is 1.16 bits per heavy atom. The summed E-state index contributed by atoms with van der Waals surface area (Å²) in [5.41, 5.74) is 0.00953. The van der Waals surface area contributed by atoms with Crippen LogP contribution in [0.3, 0.4) is 0 Å². The summed E-state index contributed by atoms with van der Waals surface area (Å²) in [6.45, 7) is 8.28. The van der Waals surface area contributed by atoms with Crippen LogP contribution in [0, 0.1) is 5.41 Å². The summed E-state index contributed by atoms with van der Waals surface area (Å²) in [7, 11) is 0. The molecule has 0 aromatic carbocycles. The molecular weight excluding hydrogens is 242 g/mol. The van der Waals surface area contributed by atoms with E-state index >= 15 is 0 Å². The van der Waals surface area contributed by atoms with Gasteiger partial charge >= 0.3 is 5.97 Å². The molecule has 0 bridgehead atoms. The van der Waals surface area contributed by atoms with Gasteiger partial charge in [-0.2, -0.15) is 0 Å². The standard InChI is InChI=1S/C15H29NO3/c1-5-6-7-8-9-13(17)16-12(10-14(18)19)11-15(2,3)4/h12H,5-11H2,1-4H3,(H,16,17)(H,18,19). The molecule has 0 aromatic rings. The van der Waals surface area contributed by atoms with Crippen LogP contribution in [-0.4, -0.2) is 23.0 Å². The largest absolute Gasteiger partial charge is 0.481 e. The predicted molar refractivity (Wildman–Crippen MR) is 77.0 cm³/mol. The summed E-state index contributed by atoms with van der Waals surface area (Å²) in [5, 5.41) is 11.8. The maximum absolute atomic E-state index is 11.8. The van der Waals surface area contributed by atoms with Crippen molar-refractivity contribution in [3.8, 4) is 0 Å². The van der Waals surface area contributed by atoms with Gasteiger partial charge in [0.1, 0.15) is 0 Å². The third kappa shape index (κ3) is 11.7. The second-order valence-corrected chi connectivity index (χ2v) is 6.44. The molecule has 0 fully saturated rings. The highest BCUT2D eigenvalue weighted by Crippen LogP contribution is 2.22. The molecule has 0 heterocycles. The third-order valence-electron chi connectivity index (χ3n) is 2.90. The number of carboxylic acids is 1. The van der Waals surface area contributed by atoms with E-state index in [0.29, 0.717) is 12.8 Å². The van der Waals surface area contributed by atoms with Crippen LogP contribution in [0.5, 0.6) is 0 Å². The van der Waals surface area contributed by atoms with Crippen molar-refractivity contribution in [1.29, 1.82) is 0 Å². The highest BCUT2D eigenvalue weighted by molar-refractivity contribution is 5.77. The van der Waals surface area contributed by atoms with Crippen molar-refractivity contribution in [3.05, 3.63) is 0 Å². The number of hydrogen-bond acceptors (Lipinski definition) is 2. The lowest BCUT2D eigenvalue weighted by molar-refractivity contribution is -0.137. The molecule has 0 aliphatic heterocycles. The van der Waals surface area contributed by atoms with E-state index in [4.69, 9.17) is 5.11 Å². The van der Waals surface area contributed by atoms with Crippen LogP contribution in [0.25, 0.3) is 0 Å². The van der Waals surface area contributed by atoms with Crippen molar-refractivity contribution < 1.29 is 14.7 Å². The van der Waals surface area contributed by atoms with E-state index < -0.39 is 5.97 Å². The molecule has 2 N–H and O–H groups in total. The van der Waals surface area contributed by atoms with Gasteiger partial charge < -0.3 is 10.4 Å². The van der Waals surface area contributed by atoms with E-state index in [1.54, 1.807) is 0 Å². The van der Waals surface area contributed by atoms with Gasteiger partial charge in [0, 0.05) is 12.5 Å². The smallest absolute Gasteiger partial charge is 0.305 e. The van der Waals surface area contributed by atoms with Gasteiger partial charge in [0.2, 0.25) is 5.91 Å². The first-order valence-corrected chi connectivity index (χ1v) is 7.25. The summed E-state index contributed by atoms with van der Waals surface area (Å²) in [6, 6.07) is -0.267. The van der Waals surface area contributed by atoms with Crippen molar-refractivity contribution in [2.75, 3.05) is 0 Å². The SMILES string of the molecule is CCCCCCC(=O)NC(CC(=O)O)CC(C)(C)C. The second kappa shape index (κ2) is 8.94. The number of aliphatic carboxylic acids is 1. The topological polar surface area (TPSA) is 66.4 Å². The first-order chi connectivity index (χ1) is 8.74. The zero-order valence-electron chi connectivity index (χ0n) is 12.8. The molecule has 0 aliphatic carbocycles. The first-order valence-electron chi connectivity index (χ1n) is 7.25.